The average molecular weight is 260 g/mol. The van der Waals surface area contributed by atoms with E-state index in [1.807, 2.05) is 31.2 Å². The monoisotopic (exact) mass is 259 g/mol. The third kappa shape index (κ3) is 3.07. The number of rotatable bonds is 4. The Bertz CT molecular complexity index is 280. The quantitative estimate of drug-likeness (QED) is 0.885. The maximum absolute atomic E-state index is 12.7. The van der Waals surface area contributed by atoms with Crippen LogP contribution in [0.3, 0.4) is 0 Å². The Kier molecular flexibility index (Phi) is 4.08. The number of nitrogens with two attached hydrogens (primary N) is 1. The molecule has 1 unspecified atom stereocenters. The maximum Gasteiger partial charge on any atom is 0.0963 e. The van der Waals surface area contributed by atoms with Gasteiger partial charge in [-0.05, 0) is 24.1 Å². The van der Waals surface area contributed by atoms with E-state index in [9.17, 15) is 4.39 Å². The highest BCUT2D eigenvalue weighted by Crippen LogP contribution is 2.22. The maximum atomic E-state index is 12.7. The minimum atomic E-state index is -0.423. The summed E-state index contributed by atoms with van der Waals surface area (Å²) in [7, 11) is 0. The summed E-state index contributed by atoms with van der Waals surface area (Å²) in [5.41, 5.74) is 6.25. The molecule has 14 heavy (non-hydrogen) atoms. The van der Waals surface area contributed by atoms with E-state index in [0.29, 0.717) is 13.0 Å². The van der Waals surface area contributed by atoms with E-state index in [0.717, 1.165) is 10.0 Å². The molecule has 1 aromatic carbocycles. The lowest BCUT2D eigenvalue weighted by Gasteiger charge is -2.24. The lowest BCUT2D eigenvalue weighted by atomic mass is 9.85. The molecule has 0 bridgehead atoms. The summed E-state index contributed by atoms with van der Waals surface area (Å²) in [5.74, 6) is 0. The van der Waals surface area contributed by atoms with Gasteiger partial charge in [0.05, 0.1) is 6.67 Å². The number of hydrogen-bond donors (Lipinski definition) is 1. The predicted molar refractivity (Wildman–Crippen MR) is 61.0 cm³/mol. The van der Waals surface area contributed by atoms with Crippen molar-refractivity contribution < 1.29 is 4.39 Å². The third-order valence-electron chi connectivity index (χ3n) is 2.36. The van der Waals surface area contributed by atoms with Gasteiger partial charge in [-0.25, -0.2) is 0 Å². The van der Waals surface area contributed by atoms with Crippen molar-refractivity contribution in [1.29, 1.82) is 0 Å². The van der Waals surface area contributed by atoms with Crippen molar-refractivity contribution in [3.63, 3.8) is 0 Å². The largest absolute Gasteiger partial charge is 0.330 e. The van der Waals surface area contributed by atoms with E-state index in [-0.39, 0.29) is 6.67 Å². The van der Waals surface area contributed by atoms with Gasteiger partial charge >= 0.3 is 0 Å². The molecule has 0 radical (unpaired) electrons. The molecule has 1 nitrogen and oxygen atoms in total. The van der Waals surface area contributed by atoms with Crippen LogP contribution in [0.5, 0.6) is 0 Å². The molecule has 0 aliphatic rings. The predicted octanol–water partition coefficient (Wildman–Crippen LogP) is 2.93. The van der Waals surface area contributed by atoms with Gasteiger partial charge in [0.15, 0.2) is 0 Å². The molecule has 1 aromatic rings. The van der Waals surface area contributed by atoms with Crippen molar-refractivity contribution in [3.05, 3.63) is 34.3 Å². The van der Waals surface area contributed by atoms with Crippen LogP contribution >= 0.6 is 15.9 Å². The molecule has 0 aliphatic carbocycles. The average Bonchev–Trinajstić information content (AvgIpc) is 2.21. The van der Waals surface area contributed by atoms with Crippen molar-refractivity contribution in [2.75, 3.05) is 13.2 Å². The second kappa shape index (κ2) is 4.89. The zero-order valence-corrected chi connectivity index (χ0v) is 9.85. The highest BCUT2D eigenvalue weighted by atomic mass is 79.9. The third-order valence-corrected chi connectivity index (χ3v) is 2.89. The van der Waals surface area contributed by atoms with Crippen LogP contribution in [0.1, 0.15) is 12.5 Å². The Balaban J connectivity index is 2.72. The fraction of sp³-hybridized carbons (Fsp3) is 0.455. The first kappa shape index (κ1) is 11.7. The highest BCUT2D eigenvalue weighted by molar-refractivity contribution is 9.10. The molecule has 78 valence electrons. The summed E-state index contributed by atoms with van der Waals surface area (Å²) >= 11 is 3.36. The minimum Gasteiger partial charge on any atom is -0.330 e. The zero-order chi connectivity index (χ0) is 10.6. The van der Waals surface area contributed by atoms with Crippen LogP contribution in [0.4, 0.5) is 4.39 Å². The zero-order valence-electron chi connectivity index (χ0n) is 8.26. The summed E-state index contributed by atoms with van der Waals surface area (Å²) in [4.78, 5) is 0. The van der Waals surface area contributed by atoms with E-state index >= 15 is 0 Å². The van der Waals surface area contributed by atoms with Gasteiger partial charge in [0.2, 0.25) is 0 Å². The summed E-state index contributed by atoms with van der Waals surface area (Å²) in [6, 6.07) is 7.91. The SMILES string of the molecule is CC(CN)(CF)Cc1ccc(Br)cc1. The van der Waals surface area contributed by atoms with E-state index in [1.165, 1.54) is 0 Å². The van der Waals surface area contributed by atoms with Crippen LogP contribution in [0.2, 0.25) is 0 Å². The first-order chi connectivity index (χ1) is 6.59. The summed E-state index contributed by atoms with van der Waals surface area (Å²) in [5, 5.41) is 0. The highest BCUT2D eigenvalue weighted by Gasteiger charge is 2.22. The summed E-state index contributed by atoms with van der Waals surface area (Å²) in [6.45, 7) is 1.87. The van der Waals surface area contributed by atoms with Crippen LogP contribution < -0.4 is 5.73 Å². The van der Waals surface area contributed by atoms with E-state index < -0.39 is 5.41 Å². The van der Waals surface area contributed by atoms with Crippen LogP contribution in [0, 0.1) is 5.41 Å². The number of hydrogen-bond acceptors (Lipinski definition) is 1. The van der Waals surface area contributed by atoms with Crippen LogP contribution in [-0.2, 0) is 6.42 Å². The summed E-state index contributed by atoms with van der Waals surface area (Å²) < 4.78 is 13.8. The van der Waals surface area contributed by atoms with Gasteiger partial charge in [-0.15, -0.1) is 0 Å². The number of alkyl halides is 1. The number of benzene rings is 1. The molecule has 0 heterocycles. The second-order valence-corrected chi connectivity index (χ2v) is 4.87. The van der Waals surface area contributed by atoms with Gasteiger partial charge in [0.25, 0.3) is 0 Å². The van der Waals surface area contributed by atoms with Gasteiger partial charge in [-0.2, -0.15) is 0 Å². The molecule has 0 spiro atoms. The first-order valence-electron chi connectivity index (χ1n) is 4.60. The minimum absolute atomic E-state index is 0.375. The first-order valence-corrected chi connectivity index (χ1v) is 5.39. The number of halogens is 2. The molecule has 1 atom stereocenters. The Labute approximate surface area is 92.6 Å². The molecule has 0 aromatic heterocycles. The van der Waals surface area contributed by atoms with Gasteiger partial charge in [0, 0.05) is 16.4 Å². The van der Waals surface area contributed by atoms with Crippen LogP contribution in [-0.4, -0.2) is 13.2 Å². The topological polar surface area (TPSA) is 26.0 Å². The van der Waals surface area contributed by atoms with E-state index in [1.54, 1.807) is 0 Å². The van der Waals surface area contributed by atoms with Crippen molar-refractivity contribution in [2.24, 2.45) is 11.1 Å². The van der Waals surface area contributed by atoms with Gasteiger partial charge in [-0.3, -0.25) is 4.39 Å². The Hall–Kier alpha value is -0.410. The van der Waals surface area contributed by atoms with Crippen molar-refractivity contribution in [2.45, 2.75) is 13.3 Å². The van der Waals surface area contributed by atoms with Gasteiger partial charge in [0.1, 0.15) is 0 Å². The molecular weight excluding hydrogens is 245 g/mol. The summed E-state index contributed by atoms with van der Waals surface area (Å²) in [6.07, 6.45) is 0.688. The van der Waals surface area contributed by atoms with Crippen molar-refractivity contribution in [1.82, 2.24) is 0 Å². The Morgan fingerprint density at radius 2 is 1.93 bits per heavy atom. The molecule has 2 N–H and O–H groups in total. The van der Waals surface area contributed by atoms with E-state index in [2.05, 4.69) is 15.9 Å². The second-order valence-electron chi connectivity index (χ2n) is 3.95. The Morgan fingerprint density at radius 1 is 1.36 bits per heavy atom. The van der Waals surface area contributed by atoms with Crippen molar-refractivity contribution >= 4 is 15.9 Å². The fourth-order valence-corrected chi connectivity index (χ4v) is 1.53. The van der Waals surface area contributed by atoms with Crippen LogP contribution in [0.15, 0.2) is 28.7 Å². The molecule has 0 saturated carbocycles. The lowest BCUT2D eigenvalue weighted by molar-refractivity contribution is 0.238. The molecule has 0 fully saturated rings. The molecule has 0 saturated heterocycles. The fourth-order valence-electron chi connectivity index (χ4n) is 1.27. The van der Waals surface area contributed by atoms with Crippen LogP contribution in [0.25, 0.3) is 0 Å². The molecule has 0 aliphatic heterocycles. The normalized spacial score (nSPS) is 15.1. The smallest absolute Gasteiger partial charge is 0.0963 e. The molecule has 3 heteroatoms. The lowest BCUT2D eigenvalue weighted by Crippen LogP contribution is -2.31. The van der Waals surface area contributed by atoms with Gasteiger partial charge < -0.3 is 5.73 Å². The molecule has 0 amide bonds. The Morgan fingerprint density at radius 3 is 2.36 bits per heavy atom. The van der Waals surface area contributed by atoms with Gasteiger partial charge in [-0.1, -0.05) is 35.0 Å². The molecular formula is C11H15BrFN. The van der Waals surface area contributed by atoms with Crippen molar-refractivity contribution in [3.8, 4) is 0 Å². The standard InChI is InChI=1S/C11H15BrFN/c1-11(7-13,8-14)6-9-2-4-10(12)5-3-9/h2-5H,6-8,14H2,1H3. The van der Waals surface area contributed by atoms with E-state index in [4.69, 9.17) is 5.73 Å². The molecule has 1 rings (SSSR count).